The molecule has 0 aliphatic carbocycles. The zero-order valence-electron chi connectivity index (χ0n) is 13.8. The molecular weight excluding hydrogens is 435 g/mol. The first kappa shape index (κ1) is 21.6. The van der Waals surface area contributed by atoms with Gasteiger partial charge in [-0.05, 0) is 32.9 Å². The molecule has 1 rings (SSSR count). The maximum Gasteiger partial charge on any atom is 0.252 e. The summed E-state index contributed by atoms with van der Waals surface area (Å²) in [6.45, 7) is 6.68. The van der Waals surface area contributed by atoms with Crippen LogP contribution >= 0.6 is 35.3 Å². The van der Waals surface area contributed by atoms with Gasteiger partial charge in [0.05, 0.1) is 6.54 Å². The minimum absolute atomic E-state index is 0. The molecule has 0 saturated carbocycles. The standard InChI is InChI=1S/C13H24N4O2S2.HI/c1-13(2,3)16-12(14-4)15-9-10-7-8-11(20-10)21(18,19)17(5)6;/h7-8H,9H2,1-6H3,(H2,14,15,16);1H. The summed E-state index contributed by atoms with van der Waals surface area (Å²) in [6.07, 6.45) is 0. The van der Waals surface area contributed by atoms with E-state index in [0.717, 1.165) is 4.88 Å². The summed E-state index contributed by atoms with van der Waals surface area (Å²) in [4.78, 5) is 5.08. The third kappa shape index (κ3) is 6.39. The van der Waals surface area contributed by atoms with Crippen molar-refractivity contribution in [3.8, 4) is 0 Å². The Morgan fingerprint density at radius 1 is 1.32 bits per heavy atom. The molecule has 0 amide bonds. The van der Waals surface area contributed by atoms with Gasteiger partial charge in [-0.2, -0.15) is 0 Å². The van der Waals surface area contributed by atoms with E-state index in [1.807, 2.05) is 26.8 Å². The Kier molecular flexibility index (Phi) is 8.31. The van der Waals surface area contributed by atoms with Crippen molar-refractivity contribution in [1.82, 2.24) is 14.9 Å². The summed E-state index contributed by atoms with van der Waals surface area (Å²) < 4.78 is 25.6. The molecule has 128 valence electrons. The predicted molar refractivity (Wildman–Crippen MR) is 104 cm³/mol. The van der Waals surface area contributed by atoms with E-state index in [1.54, 1.807) is 13.1 Å². The Bertz CT molecular complexity index is 604. The first-order chi connectivity index (χ1) is 9.56. The molecular formula is C13H25IN4O2S2. The summed E-state index contributed by atoms with van der Waals surface area (Å²) in [6, 6.07) is 3.45. The lowest BCUT2D eigenvalue weighted by Crippen LogP contribution is -2.47. The fourth-order valence-corrected chi connectivity index (χ4v) is 3.94. The lowest BCUT2D eigenvalue weighted by Gasteiger charge is -2.23. The van der Waals surface area contributed by atoms with Crippen molar-refractivity contribution >= 4 is 51.3 Å². The van der Waals surface area contributed by atoms with Gasteiger partial charge in [0, 0.05) is 31.6 Å². The normalized spacial score (nSPS) is 13.0. The monoisotopic (exact) mass is 460 g/mol. The molecule has 0 unspecified atom stereocenters. The average Bonchev–Trinajstić information content (AvgIpc) is 2.82. The lowest BCUT2D eigenvalue weighted by atomic mass is 10.1. The third-order valence-corrected chi connectivity index (χ3v) is 5.89. The highest BCUT2D eigenvalue weighted by molar-refractivity contribution is 14.0. The Morgan fingerprint density at radius 2 is 1.91 bits per heavy atom. The smallest absolute Gasteiger partial charge is 0.252 e. The number of nitrogens with zero attached hydrogens (tertiary/aromatic N) is 2. The topological polar surface area (TPSA) is 73.8 Å². The zero-order valence-corrected chi connectivity index (χ0v) is 17.8. The Balaban J connectivity index is 0.00000441. The van der Waals surface area contributed by atoms with Crippen molar-refractivity contribution < 1.29 is 8.42 Å². The number of nitrogens with one attached hydrogen (secondary N) is 2. The molecule has 0 aromatic carbocycles. The fourth-order valence-electron chi connectivity index (χ4n) is 1.48. The van der Waals surface area contributed by atoms with E-state index in [2.05, 4.69) is 15.6 Å². The van der Waals surface area contributed by atoms with Crippen LogP contribution in [0.1, 0.15) is 25.6 Å². The quantitative estimate of drug-likeness (QED) is 0.410. The van der Waals surface area contributed by atoms with Gasteiger partial charge < -0.3 is 10.6 Å². The van der Waals surface area contributed by atoms with Gasteiger partial charge in [-0.3, -0.25) is 4.99 Å². The molecule has 0 saturated heterocycles. The number of hydrogen-bond donors (Lipinski definition) is 2. The van der Waals surface area contributed by atoms with Crippen LogP contribution in [0, 0.1) is 0 Å². The fraction of sp³-hybridized carbons (Fsp3) is 0.615. The molecule has 0 aliphatic rings. The molecule has 2 N–H and O–H groups in total. The minimum Gasteiger partial charge on any atom is -0.352 e. The number of halogens is 1. The number of rotatable bonds is 4. The van der Waals surface area contributed by atoms with Gasteiger partial charge in [0.25, 0.3) is 10.0 Å². The highest BCUT2D eigenvalue weighted by Gasteiger charge is 2.19. The summed E-state index contributed by atoms with van der Waals surface area (Å²) >= 11 is 1.26. The molecule has 0 radical (unpaired) electrons. The number of guanidine groups is 1. The second-order valence-corrected chi connectivity index (χ2v) is 9.36. The summed E-state index contributed by atoms with van der Waals surface area (Å²) in [5, 5.41) is 6.43. The van der Waals surface area contributed by atoms with Crippen LogP contribution in [-0.4, -0.2) is 45.4 Å². The van der Waals surface area contributed by atoms with Crippen LogP contribution < -0.4 is 10.6 Å². The predicted octanol–water partition coefficient (Wildman–Crippen LogP) is 2.08. The molecule has 1 aromatic rings. The van der Waals surface area contributed by atoms with Crippen molar-refractivity contribution in [2.75, 3.05) is 21.1 Å². The van der Waals surface area contributed by atoms with Gasteiger partial charge in [0.15, 0.2) is 5.96 Å². The minimum atomic E-state index is -3.35. The molecule has 0 atom stereocenters. The van der Waals surface area contributed by atoms with Gasteiger partial charge >= 0.3 is 0 Å². The van der Waals surface area contributed by atoms with Crippen LogP contribution in [0.15, 0.2) is 21.3 Å². The van der Waals surface area contributed by atoms with Crippen molar-refractivity contribution in [2.45, 2.75) is 37.1 Å². The molecule has 0 aliphatic heterocycles. The van der Waals surface area contributed by atoms with Gasteiger partial charge in [-0.1, -0.05) is 0 Å². The third-order valence-electron chi connectivity index (χ3n) is 2.52. The van der Waals surface area contributed by atoms with Gasteiger partial charge in [-0.25, -0.2) is 12.7 Å². The summed E-state index contributed by atoms with van der Waals surface area (Å²) in [7, 11) is 1.41. The second-order valence-electron chi connectivity index (χ2n) is 5.81. The van der Waals surface area contributed by atoms with Gasteiger partial charge in [0.2, 0.25) is 0 Å². The van der Waals surface area contributed by atoms with Crippen LogP contribution in [0.3, 0.4) is 0 Å². The van der Waals surface area contributed by atoms with Crippen LogP contribution in [0.25, 0.3) is 0 Å². The highest BCUT2D eigenvalue weighted by atomic mass is 127. The molecule has 9 heteroatoms. The van der Waals surface area contributed by atoms with Gasteiger partial charge in [0.1, 0.15) is 4.21 Å². The molecule has 22 heavy (non-hydrogen) atoms. The number of thiophene rings is 1. The number of hydrogen-bond acceptors (Lipinski definition) is 4. The molecule has 6 nitrogen and oxygen atoms in total. The largest absolute Gasteiger partial charge is 0.352 e. The lowest BCUT2D eigenvalue weighted by molar-refractivity contribution is 0.501. The van der Waals surface area contributed by atoms with Crippen molar-refractivity contribution in [1.29, 1.82) is 0 Å². The maximum atomic E-state index is 12.0. The number of sulfonamides is 1. The highest BCUT2D eigenvalue weighted by Crippen LogP contribution is 2.23. The molecule has 0 spiro atoms. The van der Waals surface area contributed by atoms with E-state index < -0.39 is 10.0 Å². The zero-order chi connectivity index (χ0) is 16.3. The van der Waals surface area contributed by atoms with Crippen molar-refractivity contribution in [2.24, 2.45) is 4.99 Å². The Morgan fingerprint density at radius 3 is 2.36 bits per heavy atom. The van der Waals surface area contributed by atoms with Gasteiger partial charge in [-0.15, -0.1) is 35.3 Å². The Hall–Kier alpha value is -0.390. The van der Waals surface area contributed by atoms with Crippen molar-refractivity contribution in [3.63, 3.8) is 0 Å². The van der Waals surface area contributed by atoms with Crippen LogP contribution in [0.2, 0.25) is 0 Å². The average molecular weight is 460 g/mol. The summed E-state index contributed by atoms with van der Waals surface area (Å²) in [5.74, 6) is 0.688. The second kappa shape index (κ2) is 8.46. The maximum absolute atomic E-state index is 12.0. The van der Waals surface area contributed by atoms with Crippen LogP contribution in [0.4, 0.5) is 0 Å². The van der Waals surface area contributed by atoms with E-state index >= 15 is 0 Å². The first-order valence-corrected chi connectivity index (χ1v) is 8.82. The van der Waals surface area contributed by atoms with E-state index in [1.165, 1.54) is 29.7 Å². The molecule has 0 fully saturated rings. The van der Waals surface area contributed by atoms with Crippen molar-refractivity contribution in [3.05, 3.63) is 17.0 Å². The SMILES string of the molecule is CN=C(NCc1ccc(S(=O)(=O)N(C)C)s1)NC(C)(C)C.I. The number of aliphatic imine (C=N–C) groups is 1. The van der Waals surface area contributed by atoms with E-state index in [4.69, 9.17) is 0 Å². The van der Waals surface area contributed by atoms with Crippen LogP contribution in [0.5, 0.6) is 0 Å². The Labute approximate surface area is 154 Å². The van der Waals surface area contributed by atoms with Crippen LogP contribution in [-0.2, 0) is 16.6 Å². The molecule has 1 aromatic heterocycles. The van der Waals surface area contributed by atoms with E-state index in [0.29, 0.717) is 16.7 Å². The van der Waals surface area contributed by atoms with E-state index in [-0.39, 0.29) is 29.5 Å². The summed E-state index contributed by atoms with van der Waals surface area (Å²) in [5.41, 5.74) is -0.0866. The molecule has 1 heterocycles. The molecule has 0 bridgehead atoms. The first-order valence-electron chi connectivity index (χ1n) is 6.56. The van der Waals surface area contributed by atoms with E-state index in [9.17, 15) is 8.42 Å².